The Hall–Kier alpha value is -1.26. The average Bonchev–Trinajstić information content (AvgIpc) is 3.40. The number of amides is 1. The molecule has 2 fully saturated rings. The normalized spacial score (nSPS) is 24.6. The zero-order valence-electron chi connectivity index (χ0n) is 14.4. The standard InChI is InChI=1S/C19H28N2O2.ClH/c1-23-16-10-8-14(9-11-16)19(13-6-7-13)21-18(22)12-15-4-2-3-5-17(15)20;/h8-11,13,15,17,19H,2-7,12,20H2,1H3,(H,21,22);1H. The number of rotatable bonds is 6. The molecule has 3 N–H and O–H groups in total. The second-order valence-electron chi connectivity index (χ2n) is 7.07. The van der Waals surface area contributed by atoms with Crippen LogP contribution in [-0.4, -0.2) is 19.1 Å². The molecule has 3 atom stereocenters. The van der Waals surface area contributed by atoms with Gasteiger partial charge in [0.1, 0.15) is 5.75 Å². The van der Waals surface area contributed by atoms with E-state index in [4.69, 9.17) is 10.5 Å². The highest BCUT2D eigenvalue weighted by Gasteiger charge is 2.34. The molecule has 1 aromatic rings. The molecule has 134 valence electrons. The second-order valence-corrected chi connectivity index (χ2v) is 7.07. The maximum atomic E-state index is 12.5. The van der Waals surface area contributed by atoms with E-state index in [9.17, 15) is 4.79 Å². The van der Waals surface area contributed by atoms with E-state index in [0.717, 1.165) is 18.6 Å². The molecule has 0 aromatic heterocycles. The summed E-state index contributed by atoms with van der Waals surface area (Å²) in [5.41, 5.74) is 7.35. The molecule has 24 heavy (non-hydrogen) atoms. The number of ether oxygens (including phenoxy) is 1. The summed E-state index contributed by atoms with van der Waals surface area (Å²) in [6.07, 6.45) is 7.51. The zero-order chi connectivity index (χ0) is 16.2. The number of nitrogens with two attached hydrogens (primary N) is 1. The predicted molar refractivity (Wildman–Crippen MR) is 98.4 cm³/mol. The van der Waals surface area contributed by atoms with E-state index in [1.165, 1.54) is 31.2 Å². The van der Waals surface area contributed by atoms with Crippen molar-refractivity contribution < 1.29 is 9.53 Å². The molecule has 5 heteroatoms. The van der Waals surface area contributed by atoms with Gasteiger partial charge >= 0.3 is 0 Å². The van der Waals surface area contributed by atoms with Crippen LogP contribution in [0.25, 0.3) is 0 Å². The van der Waals surface area contributed by atoms with E-state index in [2.05, 4.69) is 17.4 Å². The van der Waals surface area contributed by atoms with E-state index in [1.807, 2.05) is 12.1 Å². The van der Waals surface area contributed by atoms with Crippen molar-refractivity contribution in [2.24, 2.45) is 17.6 Å². The lowest BCUT2D eigenvalue weighted by atomic mass is 9.83. The van der Waals surface area contributed by atoms with Gasteiger partial charge in [-0.05, 0) is 55.2 Å². The first-order valence-electron chi connectivity index (χ1n) is 8.86. The lowest BCUT2D eigenvalue weighted by Gasteiger charge is -2.29. The van der Waals surface area contributed by atoms with Crippen LogP contribution in [0.3, 0.4) is 0 Å². The molecule has 0 heterocycles. The van der Waals surface area contributed by atoms with Gasteiger partial charge < -0.3 is 15.8 Å². The number of carbonyl (C=O) groups is 1. The van der Waals surface area contributed by atoms with Crippen LogP contribution in [-0.2, 0) is 4.79 Å². The number of hydrogen-bond donors (Lipinski definition) is 2. The summed E-state index contributed by atoms with van der Waals surface area (Å²) in [7, 11) is 1.67. The molecule has 0 radical (unpaired) electrons. The molecule has 1 aromatic carbocycles. The summed E-state index contributed by atoms with van der Waals surface area (Å²) in [5.74, 6) is 1.93. The minimum atomic E-state index is 0. The fourth-order valence-corrected chi connectivity index (χ4v) is 3.67. The Balaban J connectivity index is 0.00000208. The van der Waals surface area contributed by atoms with E-state index >= 15 is 0 Å². The van der Waals surface area contributed by atoms with E-state index in [1.54, 1.807) is 7.11 Å². The fourth-order valence-electron chi connectivity index (χ4n) is 3.67. The van der Waals surface area contributed by atoms with Crippen molar-refractivity contribution in [3.63, 3.8) is 0 Å². The smallest absolute Gasteiger partial charge is 0.220 e. The van der Waals surface area contributed by atoms with Crippen molar-refractivity contribution in [3.8, 4) is 5.75 Å². The highest BCUT2D eigenvalue weighted by atomic mass is 35.5. The third-order valence-electron chi connectivity index (χ3n) is 5.30. The van der Waals surface area contributed by atoms with Crippen molar-refractivity contribution in [1.29, 1.82) is 0 Å². The number of methoxy groups -OCH3 is 1. The second kappa shape index (κ2) is 8.72. The Morgan fingerprint density at radius 2 is 1.88 bits per heavy atom. The van der Waals surface area contributed by atoms with Crippen molar-refractivity contribution in [2.45, 2.75) is 57.0 Å². The largest absolute Gasteiger partial charge is 0.497 e. The van der Waals surface area contributed by atoms with Gasteiger partial charge in [-0.3, -0.25) is 4.79 Å². The van der Waals surface area contributed by atoms with Crippen molar-refractivity contribution in [1.82, 2.24) is 5.32 Å². The molecule has 2 aliphatic carbocycles. The van der Waals surface area contributed by atoms with E-state index in [0.29, 0.717) is 18.3 Å². The Bertz CT molecular complexity index is 531. The van der Waals surface area contributed by atoms with Gasteiger partial charge in [-0.1, -0.05) is 25.0 Å². The van der Waals surface area contributed by atoms with Crippen LogP contribution in [0.4, 0.5) is 0 Å². The summed E-state index contributed by atoms with van der Waals surface area (Å²) in [5, 5.41) is 3.27. The number of carbonyl (C=O) groups excluding carboxylic acids is 1. The highest BCUT2D eigenvalue weighted by Crippen LogP contribution is 2.41. The lowest BCUT2D eigenvalue weighted by Crippen LogP contribution is -2.38. The molecular formula is C19H29ClN2O2. The molecule has 3 unspecified atom stereocenters. The number of benzene rings is 1. The molecule has 3 rings (SSSR count). The molecule has 0 bridgehead atoms. The van der Waals surface area contributed by atoms with Gasteiger partial charge in [-0.2, -0.15) is 0 Å². The third-order valence-corrected chi connectivity index (χ3v) is 5.30. The Kier molecular flexibility index (Phi) is 6.93. The molecule has 4 nitrogen and oxygen atoms in total. The van der Waals surface area contributed by atoms with Crippen LogP contribution in [0.5, 0.6) is 5.75 Å². The SMILES string of the molecule is COc1ccc(C(NC(=O)CC2CCCCC2N)C2CC2)cc1.Cl. The van der Waals surface area contributed by atoms with Crippen LogP contribution in [0, 0.1) is 11.8 Å². The first kappa shape index (κ1) is 19.1. The molecule has 1 amide bonds. The number of hydrogen-bond acceptors (Lipinski definition) is 3. The topological polar surface area (TPSA) is 64.3 Å². The minimum Gasteiger partial charge on any atom is -0.497 e. The molecule has 0 aliphatic heterocycles. The summed E-state index contributed by atoms with van der Waals surface area (Å²) in [4.78, 5) is 12.5. The Morgan fingerprint density at radius 1 is 1.21 bits per heavy atom. The minimum absolute atomic E-state index is 0. The Labute approximate surface area is 150 Å². The van der Waals surface area contributed by atoms with Gasteiger partial charge in [0, 0.05) is 12.5 Å². The molecule has 2 saturated carbocycles. The fraction of sp³-hybridized carbons (Fsp3) is 0.632. The van der Waals surface area contributed by atoms with E-state index < -0.39 is 0 Å². The van der Waals surface area contributed by atoms with Gasteiger partial charge in [0.2, 0.25) is 5.91 Å². The maximum Gasteiger partial charge on any atom is 0.220 e. The number of nitrogens with one attached hydrogen (secondary N) is 1. The summed E-state index contributed by atoms with van der Waals surface area (Å²) < 4.78 is 5.22. The monoisotopic (exact) mass is 352 g/mol. The van der Waals surface area contributed by atoms with Crippen molar-refractivity contribution >= 4 is 18.3 Å². The molecule has 0 spiro atoms. The maximum absolute atomic E-state index is 12.5. The van der Waals surface area contributed by atoms with Gasteiger partial charge in [-0.15, -0.1) is 12.4 Å². The molecule has 0 saturated heterocycles. The Morgan fingerprint density at radius 3 is 2.46 bits per heavy atom. The zero-order valence-corrected chi connectivity index (χ0v) is 15.2. The summed E-state index contributed by atoms with van der Waals surface area (Å²) in [6, 6.07) is 8.38. The van der Waals surface area contributed by atoms with Crippen molar-refractivity contribution in [3.05, 3.63) is 29.8 Å². The van der Waals surface area contributed by atoms with Crippen LogP contribution < -0.4 is 15.8 Å². The van der Waals surface area contributed by atoms with Crippen molar-refractivity contribution in [2.75, 3.05) is 7.11 Å². The first-order valence-corrected chi connectivity index (χ1v) is 8.86. The quantitative estimate of drug-likeness (QED) is 0.822. The van der Waals surface area contributed by atoms with Gasteiger partial charge in [0.15, 0.2) is 0 Å². The van der Waals surface area contributed by atoms with Crippen LogP contribution in [0.15, 0.2) is 24.3 Å². The van der Waals surface area contributed by atoms with Crippen LogP contribution in [0.2, 0.25) is 0 Å². The third kappa shape index (κ3) is 4.87. The molecule has 2 aliphatic rings. The molecular weight excluding hydrogens is 324 g/mol. The predicted octanol–water partition coefficient (Wildman–Crippen LogP) is 3.59. The summed E-state index contributed by atoms with van der Waals surface area (Å²) in [6.45, 7) is 0. The number of halogens is 1. The first-order chi connectivity index (χ1) is 11.2. The lowest BCUT2D eigenvalue weighted by molar-refractivity contribution is -0.123. The van der Waals surface area contributed by atoms with Gasteiger partial charge in [0.25, 0.3) is 0 Å². The van der Waals surface area contributed by atoms with Crippen LogP contribution in [0.1, 0.15) is 56.6 Å². The van der Waals surface area contributed by atoms with Crippen LogP contribution >= 0.6 is 12.4 Å². The van der Waals surface area contributed by atoms with E-state index in [-0.39, 0.29) is 30.4 Å². The highest BCUT2D eigenvalue weighted by molar-refractivity contribution is 5.85. The summed E-state index contributed by atoms with van der Waals surface area (Å²) >= 11 is 0. The average molecular weight is 353 g/mol. The van der Waals surface area contributed by atoms with Gasteiger partial charge in [0.05, 0.1) is 13.2 Å². The van der Waals surface area contributed by atoms with Gasteiger partial charge in [-0.25, -0.2) is 0 Å².